The average molecular weight is 375 g/mol. The highest BCUT2D eigenvalue weighted by atomic mass is 32.1. The van der Waals surface area contributed by atoms with Crippen molar-refractivity contribution >= 4 is 28.6 Å². The summed E-state index contributed by atoms with van der Waals surface area (Å²) in [6.45, 7) is 4.79. The van der Waals surface area contributed by atoms with Crippen molar-refractivity contribution in [2.75, 3.05) is 0 Å². The second kappa shape index (κ2) is 8.40. The highest BCUT2D eigenvalue weighted by molar-refractivity contribution is 7.10. The number of carbonyl (C=O) groups is 1. The molecule has 3 heterocycles. The first-order valence-corrected chi connectivity index (χ1v) is 10.1. The predicted molar refractivity (Wildman–Crippen MR) is 102 cm³/mol. The summed E-state index contributed by atoms with van der Waals surface area (Å²) in [4.78, 5) is 18.0. The van der Waals surface area contributed by atoms with Gasteiger partial charge in [-0.1, -0.05) is 6.07 Å². The number of thiophene rings is 1. The van der Waals surface area contributed by atoms with Gasteiger partial charge in [0.05, 0.1) is 11.7 Å². The van der Waals surface area contributed by atoms with Crippen molar-refractivity contribution in [1.82, 2.24) is 20.1 Å². The molecule has 0 saturated heterocycles. The third-order valence-electron chi connectivity index (χ3n) is 3.95. The van der Waals surface area contributed by atoms with Gasteiger partial charge in [0.15, 0.2) is 0 Å². The number of aromatic nitrogens is 3. The lowest BCUT2D eigenvalue weighted by Gasteiger charge is -2.16. The molecule has 0 aliphatic heterocycles. The largest absolute Gasteiger partial charge is 0.346 e. The molecule has 3 aromatic heterocycles. The van der Waals surface area contributed by atoms with E-state index < -0.39 is 0 Å². The van der Waals surface area contributed by atoms with Gasteiger partial charge in [-0.3, -0.25) is 9.48 Å². The molecule has 25 heavy (non-hydrogen) atoms. The maximum absolute atomic E-state index is 12.4. The van der Waals surface area contributed by atoms with Crippen molar-refractivity contribution in [3.8, 4) is 0 Å². The van der Waals surface area contributed by atoms with Crippen LogP contribution in [0.2, 0.25) is 0 Å². The number of amides is 1. The van der Waals surface area contributed by atoms with E-state index >= 15 is 0 Å². The quantitative estimate of drug-likeness (QED) is 0.650. The van der Waals surface area contributed by atoms with Crippen LogP contribution in [-0.2, 0) is 17.8 Å². The van der Waals surface area contributed by atoms with E-state index in [1.807, 2.05) is 30.0 Å². The van der Waals surface area contributed by atoms with Gasteiger partial charge < -0.3 is 5.32 Å². The van der Waals surface area contributed by atoms with E-state index in [4.69, 9.17) is 0 Å². The Morgan fingerprint density at radius 1 is 1.32 bits per heavy atom. The van der Waals surface area contributed by atoms with Crippen LogP contribution >= 0.6 is 22.7 Å². The second-order valence-electron chi connectivity index (χ2n) is 6.03. The number of hydrogen-bond acceptors (Lipinski definition) is 5. The minimum Gasteiger partial charge on any atom is -0.346 e. The van der Waals surface area contributed by atoms with Crippen molar-refractivity contribution in [3.63, 3.8) is 0 Å². The number of aryl methyl sites for hydroxylation is 3. The molecule has 0 aliphatic rings. The van der Waals surface area contributed by atoms with Crippen molar-refractivity contribution in [3.05, 3.63) is 56.4 Å². The maximum atomic E-state index is 12.4. The number of carbonyl (C=O) groups excluding carboxylic acids is 1. The number of thiazole rings is 1. The molecule has 0 aromatic carbocycles. The summed E-state index contributed by atoms with van der Waals surface area (Å²) in [6, 6.07) is 6.13. The van der Waals surface area contributed by atoms with Crippen molar-refractivity contribution in [1.29, 1.82) is 0 Å². The third kappa shape index (κ3) is 4.99. The van der Waals surface area contributed by atoms with Crippen LogP contribution < -0.4 is 5.32 Å². The Morgan fingerprint density at radius 3 is 2.84 bits per heavy atom. The maximum Gasteiger partial charge on any atom is 0.220 e. The Bertz CT molecular complexity index is 793. The fourth-order valence-electron chi connectivity index (χ4n) is 2.79. The van der Waals surface area contributed by atoms with Crippen molar-refractivity contribution < 1.29 is 4.79 Å². The van der Waals surface area contributed by atoms with E-state index in [1.165, 1.54) is 4.88 Å². The van der Waals surface area contributed by atoms with Crippen molar-refractivity contribution in [2.45, 2.75) is 45.7 Å². The van der Waals surface area contributed by atoms with Crippen LogP contribution in [0.3, 0.4) is 0 Å². The van der Waals surface area contributed by atoms with Crippen LogP contribution in [0.5, 0.6) is 0 Å². The molecule has 132 valence electrons. The molecule has 0 fully saturated rings. The van der Waals surface area contributed by atoms with Crippen molar-refractivity contribution in [2.24, 2.45) is 0 Å². The Balaban J connectivity index is 1.54. The van der Waals surface area contributed by atoms with Gasteiger partial charge in [-0.25, -0.2) is 4.98 Å². The average Bonchev–Trinajstić information content (AvgIpc) is 3.30. The van der Waals surface area contributed by atoms with E-state index in [1.54, 1.807) is 28.9 Å². The van der Waals surface area contributed by atoms with Gasteiger partial charge in [-0.05, 0) is 37.8 Å². The summed E-state index contributed by atoms with van der Waals surface area (Å²) in [6.07, 6.45) is 3.84. The minimum atomic E-state index is -0.0557. The SMILES string of the molecule is Cc1cc(C)n(CCCC(=O)NC(Cc2cccs2)c2nccs2)n1. The molecule has 0 bridgehead atoms. The molecular weight excluding hydrogens is 352 g/mol. The first kappa shape index (κ1) is 17.8. The van der Waals surface area contributed by atoms with Gasteiger partial charge in [0.1, 0.15) is 5.01 Å². The summed E-state index contributed by atoms with van der Waals surface area (Å²) >= 11 is 3.29. The molecule has 1 amide bonds. The summed E-state index contributed by atoms with van der Waals surface area (Å²) < 4.78 is 1.96. The smallest absolute Gasteiger partial charge is 0.220 e. The highest BCUT2D eigenvalue weighted by Gasteiger charge is 2.18. The summed E-state index contributed by atoms with van der Waals surface area (Å²) in [5, 5.41) is 12.6. The third-order valence-corrected chi connectivity index (χ3v) is 5.74. The number of nitrogens with zero attached hydrogens (tertiary/aromatic N) is 3. The lowest BCUT2D eigenvalue weighted by atomic mass is 10.1. The van der Waals surface area contributed by atoms with Crippen LogP contribution in [0, 0.1) is 13.8 Å². The van der Waals surface area contributed by atoms with Gasteiger partial charge in [0, 0.05) is 41.5 Å². The van der Waals surface area contributed by atoms with Crippen LogP contribution in [0.4, 0.5) is 0 Å². The van der Waals surface area contributed by atoms with Crippen LogP contribution in [0.15, 0.2) is 35.2 Å². The predicted octanol–water partition coefficient (Wildman–Crippen LogP) is 3.90. The summed E-state index contributed by atoms with van der Waals surface area (Å²) in [5.41, 5.74) is 2.15. The fourth-order valence-corrected chi connectivity index (χ4v) is 4.24. The van der Waals surface area contributed by atoms with E-state index in [0.717, 1.165) is 35.8 Å². The van der Waals surface area contributed by atoms with E-state index in [9.17, 15) is 4.79 Å². The fraction of sp³-hybridized carbons (Fsp3) is 0.389. The molecular formula is C18H22N4OS2. The molecule has 1 atom stereocenters. The zero-order valence-corrected chi connectivity index (χ0v) is 16.1. The Labute approximate surface area is 155 Å². The van der Waals surface area contributed by atoms with Gasteiger partial charge in [-0.15, -0.1) is 22.7 Å². The van der Waals surface area contributed by atoms with Crippen LogP contribution in [0.1, 0.15) is 40.2 Å². The van der Waals surface area contributed by atoms with E-state index in [2.05, 4.69) is 32.9 Å². The first-order chi connectivity index (χ1) is 12.1. The molecule has 1 N–H and O–H groups in total. The molecule has 0 aliphatic carbocycles. The zero-order chi connectivity index (χ0) is 17.6. The molecule has 7 heteroatoms. The van der Waals surface area contributed by atoms with Gasteiger partial charge >= 0.3 is 0 Å². The van der Waals surface area contributed by atoms with E-state index in [-0.39, 0.29) is 11.9 Å². The molecule has 3 aromatic rings. The second-order valence-corrected chi connectivity index (χ2v) is 7.99. The Morgan fingerprint density at radius 2 is 2.20 bits per heavy atom. The first-order valence-electron chi connectivity index (χ1n) is 8.34. The molecule has 3 rings (SSSR count). The van der Waals surface area contributed by atoms with E-state index in [0.29, 0.717) is 6.42 Å². The molecule has 0 saturated carbocycles. The highest BCUT2D eigenvalue weighted by Crippen LogP contribution is 2.23. The molecule has 1 unspecified atom stereocenters. The monoisotopic (exact) mass is 374 g/mol. The number of nitrogens with one attached hydrogen (secondary N) is 1. The Kier molecular flexibility index (Phi) is 5.99. The lowest BCUT2D eigenvalue weighted by Crippen LogP contribution is -2.29. The summed E-state index contributed by atoms with van der Waals surface area (Å²) in [5.74, 6) is 0.0679. The minimum absolute atomic E-state index is 0.0557. The molecule has 5 nitrogen and oxygen atoms in total. The van der Waals surface area contributed by atoms with Crippen LogP contribution in [-0.4, -0.2) is 20.7 Å². The summed E-state index contributed by atoms with van der Waals surface area (Å²) in [7, 11) is 0. The normalized spacial score (nSPS) is 12.2. The number of hydrogen-bond donors (Lipinski definition) is 1. The molecule has 0 radical (unpaired) electrons. The van der Waals surface area contributed by atoms with Gasteiger partial charge in [0.2, 0.25) is 5.91 Å². The molecule has 0 spiro atoms. The van der Waals surface area contributed by atoms with Crippen LogP contribution in [0.25, 0.3) is 0 Å². The topological polar surface area (TPSA) is 59.8 Å². The zero-order valence-electron chi connectivity index (χ0n) is 14.4. The Hall–Kier alpha value is -1.99. The number of rotatable bonds is 8. The van der Waals surface area contributed by atoms with Gasteiger partial charge in [0.25, 0.3) is 0 Å². The lowest BCUT2D eigenvalue weighted by molar-refractivity contribution is -0.122. The standard InChI is InChI=1S/C18H22N4OS2/c1-13-11-14(2)22(21-13)8-3-6-17(23)20-16(18-19-7-10-25-18)12-15-5-4-9-24-15/h4-5,7,9-11,16H,3,6,8,12H2,1-2H3,(H,20,23). The van der Waals surface area contributed by atoms with Gasteiger partial charge in [-0.2, -0.15) is 5.10 Å².